The minimum Gasteiger partial charge on any atom is -0.493 e. The minimum absolute atomic E-state index is 0.212. The Morgan fingerprint density at radius 1 is 1.32 bits per heavy atom. The molecule has 2 aliphatic heterocycles. The molecule has 0 bridgehead atoms. The maximum absolute atomic E-state index is 11.2. The third kappa shape index (κ3) is 2.77. The van der Waals surface area contributed by atoms with Crippen LogP contribution in [0.15, 0.2) is 18.2 Å². The molecular formula is C14H19NO3S. The van der Waals surface area contributed by atoms with Crippen molar-refractivity contribution in [1.29, 1.82) is 0 Å². The van der Waals surface area contributed by atoms with E-state index in [2.05, 4.69) is 17.4 Å². The van der Waals surface area contributed by atoms with Crippen molar-refractivity contribution < 1.29 is 13.2 Å². The summed E-state index contributed by atoms with van der Waals surface area (Å²) in [7, 11) is -2.80. The van der Waals surface area contributed by atoms with E-state index in [0.29, 0.717) is 6.61 Å². The summed E-state index contributed by atoms with van der Waals surface area (Å²) in [6.45, 7) is 4.37. The van der Waals surface area contributed by atoms with E-state index in [4.69, 9.17) is 4.74 Å². The zero-order valence-electron chi connectivity index (χ0n) is 11.1. The van der Waals surface area contributed by atoms with Gasteiger partial charge in [0.2, 0.25) is 0 Å². The highest BCUT2D eigenvalue weighted by molar-refractivity contribution is 7.92. The Labute approximate surface area is 114 Å². The van der Waals surface area contributed by atoms with Crippen molar-refractivity contribution in [3.8, 4) is 5.75 Å². The van der Waals surface area contributed by atoms with Gasteiger partial charge in [0.05, 0.1) is 18.1 Å². The molecule has 5 heteroatoms. The molecule has 1 aromatic carbocycles. The summed E-state index contributed by atoms with van der Waals surface area (Å²) >= 11 is 0. The topological polar surface area (TPSA) is 55.4 Å². The van der Waals surface area contributed by atoms with Crippen molar-refractivity contribution in [2.24, 2.45) is 5.41 Å². The lowest BCUT2D eigenvalue weighted by Gasteiger charge is -2.37. The van der Waals surface area contributed by atoms with Gasteiger partial charge in [-0.2, -0.15) is 0 Å². The standard InChI is InChI=1S/C14H19NO3S/c1-14(9-19(16,17)10-14)8-18-13-3-2-12-7-15-5-4-11(12)6-13/h2-3,6,15H,4-5,7-10H2,1H3. The van der Waals surface area contributed by atoms with Crippen molar-refractivity contribution in [1.82, 2.24) is 5.32 Å². The lowest BCUT2D eigenvalue weighted by Crippen LogP contribution is -2.50. The summed E-state index contributed by atoms with van der Waals surface area (Å²) in [4.78, 5) is 0. The first-order chi connectivity index (χ1) is 8.96. The first-order valence-corrected chi connectivity index (χ1v) is 8.44. The smallest absolute Gasteiger partial charge is 0.151 e. The van der Waals surface area contributed by atoms with Crippen molar-refractivity contribution in [2.45, 2.75) is 19.9 Å². The normalized spacial score (nSPS) is 23.2. The minimum atomic E-state index is -2.80. The number of sulfone groups is 1. The highest BCUT2D eigenvalue weighted by Crippen LogP contribution is 2.33. The van der Waals surface area contributed by atoms with E-state index in [9.17, 15) is 8.42 Å². The summed E-state index contributed by atoms with van der Waals surface area (Å²) in [5, 5.41) is 3.34. The van der Waals surface area contributed by atoms with E-state index < -0.39 is 9.84 Å². The zero-order valence-corrected chi connectivity index (χ0v) is 11.9. The van der Waals surface area contributed by atoms with E-state index in [1.165, 1.54) is 11.1 Å². The molecule has 0 spiro atoms. The van der Waals surface area contributed by atoms with E-state index in [0.717, 1.165) is 25.3 Å². The van der Waals surface area contributed by atoms with Crippen LogP contribution in [0.1, 0.15) is 18.1 Å². The van der Waals surface area contributed by atoms with Crippen LogP contribution < -0.4 is 10.1 Å². The molecule has 2 aliphatic rings. The Kier molecular flexibility index (Phi) is 3.06. The van der Waals surface area contributed by atoms with Crippen LogP contribution >= 0.6 is 0 Å². The lowest BCUT2D eigenvalue weighted by atomic mass is 9.96. The third-order valence-corrected chi connectivity index (χ3v) is 6.06. The molecule has 4 nitrogen and oxygen atoms in total. The van der Waals surface area contributed by atoms with Crippen LogP contribution in [0.3, 0.4) is 0 Å². The molecule has 0 atom stereocenters. The molecule has 19 heavy (non-hydrogen) atoms. The fraction of sp³-hybridized carbons (Fsp3) is 0.571. The van der Waals surface area contributed by atoms with Crippen LogP contribution in [-0.2, 0) is 22.8 Å². The average Bonchev–Trinajstić information content (AvgIpc) is 2.34. The zero-order chi connectivity index (χ0) is 13.5. The average molecular weight is 281 g/mol. The lowest BCUT2D eigenvalue weighted by molar-refractivity contribution is 0.187. The molecule has 0 radical (unpaired) electrons. The van der Waals surface area contributed by atoms with Gasteiger partial charge in [0.25, 0.3) is 0 Å². The van der Waals surface area contributed by atoms with Crippen LogP contribution in [0, 0.1) is 5.41 Å². The SMILES string of the molecule is CC1(COc2ccc3c(c2)CCNC3)CS(=O)(=O)C1. The summed E-state index contributed by atoms with van der Waals surface area (Å²) in [5.74, 6) is 1.34. The van der Waals surface area contributed by atoms with Gasteiger partial charge in [-0.15, -0.1) is 0 Å². The molecule has 2 heterocycles. The molecule has 0 amide bonds. The maximum Gasteiger partial charge on any atom is 0.151 e. The number of fused-ring (bicyclic) bond motifs is 1. The molecule has 104 valence electrons. The van der Waals surface area contributed by atoms with Gasteiger partial charge in [-0.3, -0.25) is 0 Å². The number of benzene rings is 1. The quantitative estimate of drug-likeness (QED) is 0.903. The van der Waals surface area contributed by atoms with Gasteiger partial charge in [-0.05, 0) is 36.2 Å². The van der Waals surface area contributed by atoms with Crippen molar-refractivity contribution in [3.63, 3.8) is 0 Å². The Hall–Kier alpha value is -1.07. The summed E-state index contributed by atoms with van der Waals surface area (Å²) < 4.78 is 28.3. The highest BCUT2D eigenvalue weighted by Gasteiger charge is 2.45. The second kappa shape index (κ2) is 4.49. The monoisotopic (exact) mass is 281 g/mol. The molecule has 0 aromatic heterocycles. The predicted octanol–water partition coefficient (Wildman–Crippen LogP) is 1.15. The summed E-state index contributed by atoms with van der Waals surface area (Å²) in [6.07, 6.45) is 1.03. The molecule has 1 saturated heterocycles. The predicted molar refractivity (Wildman–Crippen MR) is 74.1 cm³/mol. The Morgan fingerprint density at radius 3 is 2.84 bits per heavy atom. The largest absolute Gasteiger partial charge is 0.493 e. The molecule has 1 N–H and O–H groups in total. The van der Waals surface area contributed by atoms with Gasteiger partial charge >= 0.3 is 0 Å². The van der Waals surface area contributed by atoms with E-state index >= 15 is 0 Å². The van der Waals surface area contributed by atoms with Gasteiger partial charge in [-0.1, -0.05) is 13.0 Å². The highest BCUT2D eigenvalue weighted by atomic mass is 32.2. The Bertz CT molecular complexity index is 583. The Balaban J connectivity index is 1.65. The van der Waals surface area contributed by atoms with Crippen LogP contribution in [-0.4, -0.2) is 33.1 Å². The van der Waals surface area contributed by atoms with Crippen LogP contribution in [0.25, 0.3) is 0 Å². The van der Waals surface area contributed by atoms with Crippen molar-refractivity contribution >= 4 is 9.84 Å². The molecular weight excluding hydrogens is 262 g/mol. The first kappa shape index (κ1) is 12.9. The fourth-order valence-electron chi connectivity index (χ4n) is 2.90. The van der Waals surface area contributed by atoms with E-state index in [1.807, 2.05) is 13.0 Å². The summed E-state index contributed by atoms with van der Waals surface area (Å²) in [5.41, 5.74) is 2.45. The molecule has 0 aliphatic carbocycles. The van der Waals surface area contributed by atoms with Crippen LogP contribution in [0.2, 0.25) is 0 Å². The first-order valence-electron chi connectivity index (χ1n) is 6.62. The van der Waals surface area contributed by atoms with Crippen molar-refractivity contribution in [2.75, 3.05) is 24.7 Å². The van der Waals surface area contributed by atoms with Gasteiger partial charge in [0, 0.05) is 12.0 Å². The summed E-state index contributed by atoms with van der Waals surface area (Å²) in [6, 6.07) is 6.16. The maximum atomic E-state index is 11.2. The van der Waals surface area contributed by atoms with Gasteiger partial charge in [0.15, 0.2) is 9.84 Å². The third-order valence-electron chi connectivity index (χ3n) is 3.79. The van der Waals surface area contributed by atoms with E-state index in [-0.39, 0.29) is 16.9 Å². The molecule has 1 aromatic rings. The number of rotatable bonds is 3. The molecule has 0 unspecified atom stereocenters. The molecule has 0 saturated carbocycles. The van der Waals surface area contributed by atoms with Gasteiger partial charge < -0.3 is 10.1 Å². The molecule has 1 fully saturated rings. The van der Waals surface area contributed by atoms with E-state index in [1.54, 1.807) is 0 Å². The number of hydrogen-bond donors (Lipinski definition) is 1. The molecule has 3 rings (SSSR count). The number of hydrogen-bond acceptors (Lipinski definition) is 4. The number of nitrogens with one attached hydrogen (secondary N) is 1. The van der Waals surface area contributed by atoms with Gasteiger partial charge in [0.1, 0.15) is 5.75 Å². The van der Waals surface area contributed by atoms with Crippen LogP contribution in [0.5, 0.6) is 5.75 Å². The van der Waals surface area contributed by atoms with Crippen LogP contribution in [0.4, 0.5) is 0 Å². The Morgan fingerprint density at radius 2 is 2.11 bits per heavy atom. The second-order valence-electron chi connectivity index (χ2n) is 5.99. The fourth-order valence-corrected chi connectivity index (χ4v) is 5.11. The number of ether oxygens (including phenoxy) is 1. The van der Waals surface area contributed by atoms with Gasteiger partial charge in [-0.25, -0.2) is 8.42 Å². The second-order valence-corrected chi connectivity index (χ2v) is 8.05. The van der Waals surface area contributed by atoms with Crippen molar-refractivity contribution in [3.05, 3.63) is 29.3 Å².